The molecule has 1 saturated heterocycles. The van der Waals surface area contributed by atoms with E-state index in [1.807, 2.05) is 18.2 Å². The normalized spacial score (nSPS) is 18.5. The van der Waals surface area contributed by atoms with Gasteiger partial charge in [-0.05, 0) is 18.2 Å². The van der Waals surface area contributed by atoms with Crippen molar-refractivity contribution >= 4 is 11.6 Å². The van der Waals surface area contributed by atoms with Crippen LogP contribution in [-0.4, -0.2) is 26.3 Å². The fraction of sp³-hybridized carbons (Fsp3) is 0.500. The summed E-state index contributed by atoms with van der Waals surface area (Å²) in [7, 11) is 0. The Kier molecular flexibility index (Phi) is 3.29. The third-order valence-electron chi connectivity index (χ3n) is 2.92. The molecular formula is C12H16ClNO. The summed E-state index contributed by atoms with van der Waals surface area (Å²) < 4.78 is 5.35. The predicted octanol–water partition coefficient (Wildman–Crippen LogP) is 2.22. The summed E-state index contributed by atoms with van der Waals surface area (Å²) >= 11 is 6.22. The van der Waals surface area contributed by atoms with Gasteiger partial charge in [0, 0.05) is 11.6 Å². The van der Waals surface area contributed by atoms with Gasteiger partial charge in [0.25, 0.3) is 0 Å². The average molecular weight is 226 g/mol. The molecular weight excluding hydrogens is 210 g/mol. The molecule has 1 aliphatic rings. The molecule has 1 heterocycles. The van der Waals surface area contributed by atoms with Gasteiger partial charge in [-0.3, -0.25) is 0 Å². The zero-order valence-corrected chi connectivity index (χ0v) is 9.68. The topological polar surface area (TPSA) is 21.3 Å². The maximum atomic E-state index is 6.22. The summed E-state index contributed by atoms with van der Waals surface area (Å²) in [6.45, 7) is 5.56. The third kappa shape index (κ3) is 2.03. The SMILES string of the molecule is CCNCC1(c2ccccc2Cl)COC1. The fourth-order valence-corrected chi connectivity index (χ4v) is 2.29. The molecule has 0 atom stereocenters. The number of halogens is 1. The van der Waals surface area contributed by atoms with Crippen molar-refractivity contribution < 1.29 is 4.74 Å². The van der Waals surface area contributed by atoms with Crippen LogP contribution in [0.15, 0.2) is 24.3 Å². The van der Waals surface area contributed by atoms with E-state index in [2.05, 4.69) is 18.3 Å². The number of benzene rings is 1. The molecule has 2 nitrogen and oxygen atoms in total. The number of hydrogen-bond acceptors (Lipinski definition) is 2. The second-order valence-corrected chi connectivity index (χ2v) is 4.44. The van der Waals surface area contributed by atoms with E-state index >= 15 is 0 Å². The molecule has 82 valence electrons. The van der Waals surface area contributed by atoms with E-state index in [1.54, 1.807) is 0 Å². The zero-order valence-electron chi connectivity index (χ0n) is 8.92. The van der Waals surface area contributed by atoms with Crippen LogP contribution in [0, 0.1) is 0 Å². The van der Waals surface area contributed by atoms with Gasteiger partial charge in [-0.2, -0.15) is 0 Å². The van der Waals surface area contributed by atoms with Crippen LogP contribution in [-0.2, 0) is 10.2 Å². The summed E-state index contributed by atoms with van der Waals surface area (Å²) in [5.74, 6) is 0. The van der Waals surface area contributed by atoms with Gasteiger partial charge in [0.1, 0.15) is 0 Å². The van der Waals surface area contributed by atoms with Crippen LogP contribution < -0.4 is 5.32 Å². The van der Waals surface area contributed by atoms with Crippen LogP contribution in [0.1, 0.15) is 12.5 Å². The summed E-state index contributed by atoms with van der Waals surface area (Å²) in [5.41, 5.74) is 1.30. The Hall–Kier alpha value is -0.570. The number of ether oxygens (including phenoxy) is 1. The van der Waals surface area contributed by atoms with Gasteiger partial charge in [-0.1, -0.05) is 36.7 Å². The van der Waals surface area contributed by atoms with Crippen LogP contribution in [0.3, 0.4) is 0 Å². The van der Waals surface area contributed by atoms with Crippen LogP contribution >= 0.6 is 11.6 Å². The van der Waals surface area contributed by atoms with Crippen LogP contribution in [0.2, 0.25) is 5.02 Å². The molecule has 0 radical (unpaired) electrons. The second-order valence-electron chi connectivity index (χ2n) is 4.03. The van der Waals surface area contributed by atoms with E-state index < -0.39 is 0 Å². The molecule has 0 unspecified atom stereocenters. The first-order valence-corrected chi connectivity index (χ1v) is 5.70. The minimum atomic E-state index is 0.0916. The van der Waals surface area contributed by atoms with Gasteiger partial charge in [0.05, 0.1) is 18.6 Å². The van der Waals surface area contributed by atoms with E-state index in [4.69, 9.17) is 16.3 Å². The first kappa shape index (κ1) is 10.9. The van der Waals surface area contributed by atoms with Crippen molar-refractivity contribution in [1.82, 2.24) is 5.32 Å². The number of rotatable bonds is 4. The highest BCUT2D eigenvalue weighted by molar-refractivity contribution is 6.31. The number of nitrogens with one attached hydrogen (secondary N) is 1. The first-order chi connectivity index (χ1) is 7.28. The standard InChI is InChI=1S/C12H16ClNO/c1-2-14-7-12(8-15-9-12)10-5-3-4-6-11(10)13/h3-6,14H,2,7-9H2,1H3. The Bertz CT molecular complexity index is 336. The van der Waals surface area contributed by atoms with Crippen LogP contribution in [0.4, 0.5) is 0 Å². The van der Waals surface area contributed by atoms with E-state index in [0.717, 1.165) is 31.3 Å². The lowest BCUT2D eigenvalue weighted by molar-refractivity contribution is -0.0587. The molecule has 0 amide bonds. The van der Waals surface area contributed by atoms with Gasteiger partial charge >= 0.3 is 0 Å². The minimum absolute atomic E-state index is 0.0916. The zero-order chi connectivity index (χ0) is 10.7. The lowest BCUT2D eigenvalue weighted by atomic mass is 9.78. The predicted molar refractivity (Wildman–Crippen MR) is 62.5 cm³/mol. The van der Waals surface area contributed by atoms with Crippen molar-refractivity contribution in [2.75, 3.05) is 26.3 Å². The van der Waals surface area contributed by atoms with Crippen LogP contribution in [0.5, 0.6) is 0 Å². The molecule has 15 heavy (non-hydrogen) atoms. The Morgan fingerprint density at radius 3 is 2.67 bits per heavy atom. The van der Waals surface area contributed by atoms with Crippen molar-refractivity contribution in [3.8, 4) is 0 Å². The lowest BCUT2D eigenvalue weighted by Gasteiger charge is -2.42. The highest BCUT2D eigenvalue weighted by Crippen LogP contribution is 2.35. The molecule has 0 saturated carbocycles. The molecule has 1 fully saturated rings. The Morgan fingerprint density at radius 1 is 1.40 bits per heavy atom. The summed E-state index contributed by atoms with van der Waals surface area (Å²) in [6.07, 6.45) is 0. The van der Waals surface area contributed by atoms with Crippen molar-refractivity contribution in [2.24, 2.45) is 0 Å². The molecule has 0 aliphatic carbocycles. The smallest absolute Gasteiger partial charge is 0.0598 e. The molecule has 1 N–H and O–H groups in total. The summed E-state index contributed by atoms with van der Waals surface area (Å²) in [6, 6.07) is 8.05. The maximum absolute atomic E-state index is 6.22. The van der Waals surface area contributed by atoms with Crippen molar-refractivity contribution in [3.63, 3.8) is 0 Å². The third-order valence-corrected chi connectivity index (χ3v) is 3.24. The monoisotopic (exact) mass is 225 g/mol. The molecule has 1 aromatic rings. The van der Waals surface area contributed by atoms with Gasteiger partial charge in [0.2, 0.25) is 0 Å². The molecule has 1 aromatic carbocycles. The second kappa shape index (κ2) is 4.52. The highest BCUT2D eigenvalue weighted by Gasteiger charge is 2.41. The summed E-state index contributed by atoms with van der Waals surface area (Å²) in [5, 5.41) is 4.22. The Morgan fingerprint density at radius 2 is 2.13 bits per heavy atom. The van der Waals surface area contributed by atoms with E-state index in [0.29, 0.717) is 0 Å². The molecule has 0 spiro atoms. The molecule has 0 bridgehead atoms. The number of hydrogen-bond donors (Lipinski definition) is 1. The van der Waals surface area contributed by atoms with Gasteiger partial charge in [-0.25, -0.2) is 0 Å². The first-order valence-electron chi connectivity index (χ1n) is 5.32. The van der Waals surface area contributed by atoms with E-state index in [9.17, 15) is 0 Å². The van der Waals surface area contributed by atoms with E-state index in [-0.39, 0.29) is 5.41 Å². The van der Waals surface area contributed by atoms with Gasteiger partial charge in [0.15, 0.2) is 0 Å². The van der Waals surface area contributed by atoms with E-state index in [1.165, 1.54) is 5.56 Å². The fourth-order valence-electron chi connectivity index (χ4n) is 1.96. The van der Waals surface area contributed by atoms with Gasteiger partial charge in [-0.15, -0.1) is 0 Å². The number of likely N-dealkylation sites (N-methyl/N-ethyl adjacent to an activating group) is 1. The Labute approximate surface area is 95.6 Å². The van der Waals surface area contributed by atoms with Crippen molar-refractivity contribution in [2.45, 2.75) is 12.3 Å². The van der Waals surface area contributed by atoms with Crippen molar-refractivity contribution in [1.29, 1.82) is 0 Å². The maximum Gasteiger partial charge on any atom is 0.0598 e. The summed E-state index contributed by atoms with van der Waals surface area (Å²) in [4.78, 5) is 0. The molecule has 0 aromatic heterocycles. The molecule has 1 aliphatic heterocycles. The van der Waals surface area contributed by atoms with Crippen molar-refractivity contribution in [3.05, 3.63) is 34.9 Å². The minimum Gasteiger partial charge on any atom is -0.379 e. The highest BCUT2D eigenvalue weighted by atomic mass is 35.5. The Balaban J connectivity index is 2.22. The van der Waals surface area contributed by atoms with Gasteiger partial charge < -0.3 is 10.1 Å². The molecule has 2 rings (SSSR count). The quantitative estimate of drug-likeness (QED) is 0.849. The van der Waals surface area contributed by atoms with Crippen LogP contribution in [0.25, 0.3) is 0 Å². The average Bonchev–Trinajstić information content (AvgIpc) is 2.19. The largest absolute Gasteiger partial charge is 0.379 e. The molecule has 3 heteroatoms. The lowest BCUT2D eigenvalue weighted by Crippen LogP contribution is -2.53.